The summed E-state index contributed by atoms with van der Waals surface area (Å²) in [7, 11) is 0. The third kappa shape index (κ3) is 5.41. The summed E-state index contributed by atoms with van der Waals surface area (Å²) in [5, 5.41) is 10.6. The van der Waals surface area contributed by atoms with E-state index in [-0.39, 0.29) is 44.8 Å². The van der Waals surface area contributed by atoms with Crippen LogP contribution in [0.4, 0.5) is 8.78 Å². The van der Waals surface area contributed by atoms with Crippen LogP contribution in [0.2, 0.25) is 5.02 Å². The Kier molecular flexibility index (Phi) is 7.45. The highest BCUT2D eigenvalue weighted by Crippen LogP contribution is 2.30. The summed E-state index contributed by atoms with van der Waals surface area (Å²) in [5.74, 6) is -0.914. The molecule has 0 saturated carbocycles. The summed E-state index contributed by atoms with van der Waals surface area (Å²) in [6.45, 7) is 5.85. The molecule has 0 amide bonds. The minimum atomic E-state index is -1.24. The first-order chi connectivity index (χ1) is 17.4. The molecule has 0 unspecified atom stereocenters. The summed E-state index contributed by atoms with van der Waals surface area (Å²) in [6, 6.07) is 9.16. The molecule has 0 radical (unpaired) electrons. The molecule has 0 spiro atoms. The molecule has 1 N–H and O–H groups in total. The third-order valence-electron chi connectivity index (χ3n) is 5.62. The van der Waals surface area contributed by atoms with Crippen LogP contribution in [0.15, 0.2) is 51.9 Å². The first kappa shape index (κ1) is 26.8. The summed E-state index contributed by atoms with van der Waals surface area (Å²) in [5.41, 5.74) is -0.217. The summed E-state index contributed by atoms with van der Waals surface area (Å²) < 4.78 is 34.9. The number of benzene rings is 2. The van der Waals surface area contributed by atoms with Crippen LogP contribution >= 0.6 is 27.5 Å². The first-order valence-corrected chi connectivity index (χ1v) is 12.3. The molecule has 4 rings (SSSR count). The van der Waals surface area contributed by atoms with Gasteiger partial charge >= 0.3 is 0 Å². The lowest BCUT2D eigenvalue weighted by Crippen LogP contribution is -2.24. The van der Waals surface area contributed by atoms with Gasteiger partial charge in [-0.15, -0.1) is 0 Å². The van der Waals surface area contributed by atoms with Crippen molar-refractivity contribution in [2.75, 3.05) is 0 Å². The Morgan fingerprint density at radius 1 is 1.14 bits per heavy atom. The van der Waals surface area contributed by atoms with Gasteiger partial charge in [0, 0.05) is 22.9 Å². The maximum atomic E-state index is 14.4. The van der Waals surface area contributed by atoms with E-state index in [1.54, 1.807) is 45.0 Å². The van der Waals surface area contributed by atoms with Crippen molar-refractivity contribution >= 4 is 27.5 Å². The topological polar surface area (TPSA) is 90.1 Å². The van der Waals surface area contributed by atoms with Gasteiger partial charge in [0.05, 0.1) is 16.4 Å². The number of aliphatic hydroxyl groups is 1. The smallest absolute Gasteiger partial charge is 0.276 e. The van der Waals surface area contributed by atoms with E-state index in [4.69, 9.17) is 16.3 Å². The Bertz CT molecular complexity index is 1570. The van der Waals surface area contributed by atoms with Crippen molar-refractivity contribution in [1.82, 2.24) is 19.5 Å². The molecular weight excluding hydrogens is 570 g/mol. The molecular formula is C26H22BrClF2N4O3. The van der Waals surface area contributed by atoms with Crippen LogP contribution in [0, 0.1) is 25.5 Å². The van der Waals surface area contributed by atoms with E-state index < -0.39 is 22.8 Å². The van der Waals surface area contributed by atoms with E-state index in [0.717, 1.165) is 6.07 Å². The highest BCUT2D eigenvalue weighted by atomic mass is 79.9. The summed E-state index contributed by atoms with van der Waals surface area (Å²) >= 11 is 9.70. The number of nitrogens with zero attached hydrogens (tertiary/aromatic N) is 4. The lowest BCUT2D eigenvalue weighted by molar-refractivity contribution is 0.0688. The summed E-state index contributed by atoms with van der Waals surface area (Å²) in [4.78, 5) is 26.3. The first-order valence-electron chi connectivity index (χ1n) is 11.1. The Labute approximate surface area is 224 Å². The van der Waals surface area contributed by atoms with Gasteiger partial charge in [-0.2, -0.15) is 4.98 Å². The fraction of sp³-hybridized carbons (Fsp3) is 0.231. The van der Waals surface area contributed by atoms with Crippen molar-refractivity contribution in [1.29, 1.82) is 0 Å². The number of aryl methyl sites for hydroxylation is 1. The zero-order valence-electron chi connectivity index (χ0n) is 20.3. The molecule has 7 nitrogen and oxygen atoms in total. The fourth-order valence-corrected chi connectivity index (χ4v) is 4.18. The van der Waals surface area contributed by atoms with Crippen LogP contribution in [0.5, 0.6) is 5.88 Å². The van der Waals surface area contributed by atoms with Crippen LogP contribution in [-0.4, -0.2) is 24.6 Å². The number of rotatable bonds is 6. The number of halogens is 4. The van der Waals surface area contributed by atoms with Crippen LogP contribution in [0.3, 0.4) is 0 Å². The van der Waals surface area contributed by atoms with Crippen molar-refractivity contribution in [3.63, 3.8) is 0 Å². The molecule has 0 aliphatic carbocycles. The van der Waals surface area contributed by atoms with E-state index in [0.29, 0.717) is 16.9 Å². The summed E-state index contributed by atoms with van der Waals surface area (Å²) in [6.07, 6.45) is 1.54. The maximum Gasteiger partial charge on any atom is 0.276 e. The Morgan fingerprint density at radius 3 is 2.57 bits per heavy atom. The van der Waals surface area contributed by atoms with Crippen LogP contribution in [0.25, 0.3) is 16.9 Å². The number of aromatic nitrogens is 4. The van der Waals surface area contributed by atoms with Gasteiger partial charge in [0.15, 0.2) is 5.82 Å². The third-order valence-corrected chi connectivity index (χ3v) is 6.61. The van der Waals surface area contributed by atoms with Crippen LogP contribution < -0.4 is 10.3 Å². The van der Waals surface area contributed by atoms with Gasteiger partial charge in [0.2, 0.25) is 5.88 Å². The van der Waals surface area contributed by atoms with E-state index in [1.807, 2.05) is 0 Å². The number of hydrogen-bond acceptors (Lipinski definition) is 6. The second kappa shape index (κ2) is 10.3. The Balaban J connectivity index is 1.72. The van der Waals surface area contributed by atoms with Gasteiger partial charge in [-0.1, -0.05) is 17.7 Å². The molecule has 0 atom stereocenters. The van der Waals surface area contributed by atoms with Crippen molar-refractivity contribution < 1.29 is 18.6 Å². The Hall–Kier alpha value is -3.21. The molecule has 4 aromatic rings. The predicted octanol–water partition coefficient (Wildman–Crippen LogP) is 5.81. The van der Waals surface area contributed by atoms with Crippen LogP contribution in [-0.2, 0) is 12.2 Å². The minimum Gasteiger partial charge on any atom is -0.472 e. The lowest BCUT2D eigenvalue weighted by atomic mass is 10.1. The van der Waals surface area contributed by atoms with Crippen molar-refractivity contribution in [2.45, 2.75) is 39.9 Å². The molecule has 11 heteroatoms. The largest absolute Gasteiger partial charge is 0.472 e. The van der Waals surface area contributed by atoms with Crippen molar-refractivity contribution in [3.05, 3.63) is 96.9 Å². The SMILES string of the molecule is Cc1c(F)ccc(COc2nc(C)n(-c3cc(-c4ccnc(C(C)(C)O)n4)ccc3Cl)c(=O)c2Br)c1F. The molecule has 2 heterocycles. The lowest BCUT2D eigenvalue weighted by Gasteiger charge is -2.17. The molecule has 0 bridgehead atoms. The quantitative estimate of drug-likeness (QED) is 0.305. The predicted molar refractivity (Wildman–Crippen MR) is 139 cm³/mol. The number of ether oxygens (including phenoxy) is 1. The Morgan fingerprint density at radius 2 is 1.86 bits per heavy atom. The van der Waals surface area contributed by atoms with E-state index in [2.05, 4.69) is 30.9 Å². The highest BCUT2D eigenvalue weighted by molar-refractivity contribution is 9.10. The van der Waals surface area contributed by atoms with Gasteiger partial charge in [-0.05, 0) is 74.0 Å². The average Bonchev–Trinajstić information content (AvgIpc) is 2.85. The molecule has 192 valence electrons. The van der Waals surface area contributed by atoms with Crippen molar-refractivity contribution in [3.8, 4) is 22.8 Å². The van der Waals surface area contributed by atoms with Crippen molar-refractivity contribution in [2.24, 2.45) is 0 Å². The molecule has 0 saturated heterocycles. The second-order valence-electron chi connectivity index (χ2n) is 8.84. The van der Waals surface area contributed by atoms with Gasteiger partial charge in [0.1, 0.15) is 34.1 Å². The monoisotopic (exact) mass is 590 g/mol. The zero-order valence-corrected chi connectivity index (χ0v) is 22.7. The highest BCUT2D eigenvalue weighted by Gasteiger charge is 2.21. The van der Waals surface area contributed by atoms with Gasteiger partial charge in [-0.25, -0.2) is 18.7 Å². The average molecular weight is 592 g/mol. The fourth-order valence-electron chi connectivity index (χ4n) is 3.59. The van der Waals surface area contributed by atoms with E-state index in [1.165, 1.54) is 23.8 Å². The minimum absolute atomic E-state index is 0.00478. The van der Waals surface area contributed by atoms with E-state index in [9.17, 15) is 18.7 Å². The standard InChI is InChI=1S/C26H22BrClF2N4O3/c1-13-18(29)8-6-16(22(13)30)12-37-23-21(27)24(35)34(14(2)32-23)20-11-15(5-7-17(20)28)19-9-10-31-25(33-19)26(3,4)36/h5-11,36H,12H2,1-4H3. The number of hydrogen-bond donors (Lipinski definition) is 1. The van der Waals surface area contributed by atoms with E-state index >= 15 is 0 Å². The molecule has 37 heavy (non-hydrogen) atoms. The second-order valence-corrected chi connectivity index (χ2v) is 10.0. The molecule has 0 aliphatic rings. The maximum absolute atomic E-state index is 14.4. The van der Waals surface area contributed by atoms with Gasteiger partial charge < -0.3 is 9.84 Å². The van der Waals surface area contributed by atoms with Gasteiger partial charge in [-0.3, -0.25) is 9.36 Å². The molecule has 0 fully saturated rings. The van der Waals surface area contributed by atoms with Gasteiger partial charge in [0.25, 0.3) is 5.56 Å². The molecule has 2 aromatic carbocycles. The zero-order chi connectivity index (χ0) is 27.1. The van der Waals surface area contributed by atoms with Crippen LogP contribution in [0.1, 0.15) is 36.6 Å². The molecule has 2 aromatic heterocycles. The molecule has 0 aliphatic heterocycles. The normalized spacial score (nSPS) is 11.6.